The van der Waals surface area contributed by atoms with Crippen LogP contribution >= 0.6 is 30.4 Å². The summed E-state index contributed by atoms with van der Waals surface area (Å²) in [7, 11) is 3.00. The number of hydrogen-bond donors (Lipinski definition) is 1. The number of nitrogens with one attached hydrogen (secondary N) is 1. The molecule has 0 saturated carbocycles. The highest BCUT2D eigenvalue weighted by Crippen LogP contribution is 2.31. The van der Waals surface area contributed by atoms with Crippen LogP contribution in [0.15, 0.2) is 78.9 Å². The first-order valence-corrected chi connectivity index (χ1v) is 15.3. The van der Waals surface area contributed by atoms with Gasteiger partial charge in [0.25, 0.3) is 0 Å². The van der Waals surface area contributed by atoms with E-state index in [9.17, 15) is 8.78 Å². The molecule has 4 unspecified atom stereocenters. The molecular formula is C28H31F2IN2O2S. The van der Waals surface area contributed by atoms with E-state index < -0.39 is 11.6 Å². The van der Waals surface area contributed by atoms with Crippen LogP contribution in [-0.2, 0) is 28.4 Å². The third-order valence-electron chi connectivity index (χ3n) is 6.64. The maximum Gasteiger partial charge on any atom is 0.126 e. The van der Waals surface area contributed by atoms with Crippen molar-refractivity contribution in [3.05, 3.63) is 107 Å². The van der Waals surface area contributed by atoms with Crippen molar-refractivity contribution in [1.29, 1.82) is 0 Å². The molecule has 0 spiro atoms. The molecule has 3 aromatic carbocycles. The fraction of sp³-hybridized carbons (Fsp3) is 0.357. The van der Waals surface area contributed by atoms with Gasteiger partial charge in [0.05, 0.1) is 9.21 Å². The van der Waals surface area contributed by atoms with Gasteiger partial charge in [0.2, 0.25) is 0 Å². The van der Waals surface area contributed by atoms with Gasteiger partial charge in [-0.3, -0.25) is 14.4 Å². The summed E-state index contributed by atoms with van der Waals surface area (Å²) in [5, 5.41) is 3.56. The molecule has 0 amide bonds. The highest BCUT2D eigenvalue weighted by molar-refractivity contribution is 14.2. The Kier molecular flexibility index (Phi) is 10.6. The Balaban J connectivity index is 1.73. The minimum atomic E-state index is -0.569. The quantitative estimate of drug-likeness (QED) is 0.180. The summed E-state index contributed by atoms with van der Waals surface area (Å²) in [6, 6.07) is 24.2. The lowest BCUT2D eigenvalue weighted by Crippen LogP contribution is -2.53. The Morgan fingerprint density at radius 3 is 2.00 bits per heavy atom. The number of ether oxygens (including phenoxy) is 1. The Morgan fingerprint density at radius 1 is 0.917 bits per heavy atom. The van der Waals surface area contributed by atoms with Gasteiger partial charge in [-0.2, -0.15) is 0 Å². The van der Waals surface area contributed by atoms with Crippen LogP contribution < -0.4 is 5.32 Å². The Morgan fingerprint density at radius 2 is 1.50 bits per heavy atom. The highest BCUT2D eigenvalue weighted by Gasteiger charge is 2.39. The molecule has 0 aromatic heterocycles. The van der Waals surface area contributed by atoms with E-state index in [4.69, 9.17) is 8.92 Å². The molecule has 1 saturated heterocycles. The van der Waals surface area contributed by atoms with E-state index in [1.54, 1.807) is 7.11 Å². The maximum atomic E-state index is 14.2. The van der Waals surface area contributed by atoms with Crippen LogP contribution in [0.1, 0.15) is 29.5 Å². The van der Waals surface area contributed by atoms with E-state index in [-0.39, 0.29) is 24.4 Å². The van der Waals surface area contributed by atoms with Crippen LogP contribution in [0, 0.1) is 11.6 Å². The summed E-state index contributed by atoms with van der Waals surface area (Å²) in [6.45, 7) is 1.34. The van der Waals surface area contributed by atoms with Crippen molar-refractivity contribution in [2.45, 2.75) is 56.8 Å². The zero-order chi connectivity index (χ0) is 25.3. The Hall–Kier alpha value is -1.56. The molecule has 1 heterocycles. The van der Waals surface area contributed by atoms with Crippen LogP contribution in [-0.4, -0.2) is 36.4 Å². The molecule has 4 rings (SSSR count). The summed E-state index contributed by atoms with van der Waals surface area (Å²) in [5.41, 5.74) is 2.94. The van der Waals surface area contributed by atoms with Crippen molar-refractivity contribution in [3.63, 3.8) is 0 Å². The first-order valence-electron chi connectivity index (χ1n) is 12.1. The standard InChI is InChI=1S/C28H31F2IN2O2S/c1-34-27-13-12-25(32-27)28(35-36-31)26(16-22-14-23(29)17-24(30)15-22)33(18-20-8-4-2-5-9-20)19-21-10-6-3-7-11-21/h2-11,14-15,17,25-28,32H,12-13,16,18-19H2,1H3. The molecule has 1 fully saturated rings. The van der Waals surface area contributed by atoms with Crippen molar-refractivity contribution >= 4 is 30.4 Å². The summed E-state index contributed by atoms with van der Waals surface area (Å²) >= 11 is 2.15. The van der Waals surface area contributed by atoms with Crippen LogP contribution in [0.2, 0.25) is 0 Å². The number of methoxy groups -OCH3 is 1. The van der Waals surface area contributed by atoms with Crippen molar-refractivity contribution < 1.29 is 17.7 Å². The van der Waals surface area contributed by atoms with Gasteiger partial charge in [0.15, 0.2) is 0 Å². The lowest BCUT2D eigenvalue weighted by Gasteiger charge is -2.39. The topological polar surface area (TPSA) is 33.7 Å². The van der Waals surface area contributed by atoms with Gasteiger partial charge in [-0.05, 0) is 48.1 Å². The first-order chi connectivity index (χ1) is 17.6. The van der Waals surface area contributed by atoms with Crippen LogP contribution in [0.5, 0.6) is 0 Å². The number of halogens is 3. The van der Waals surface area contributed by atoms with Crippen LogP contribution in [0.3, 0.4) is 0 Å². The molecular weight excluding hydrogens is 593 g/mol. The van der Waals surface area contributed by atoms with E-state index in [2.05, 4.69) is 55.7 Å². The lowest BCUT2D eigenvalue weighted by molar-refractivity contribution is 0.0347. The average molecular weight is 625 g/mol. The second-order valence-corrected chi connectivity index (χ2v) is 10.5. The second kappa shape index (κ2) is 13.8. The molecule has 1 N–H and O–H groups in total. The lowest BCUT2D eigenvalue weighted by atomic mass is 9.93. The predicted molar refractivity (Wildman–Crippen MR) is 149 cm³/mol. The summed E-state index contributed by atoms with van der Waals surface area (Å²) < 4.78 is 40.3. The van der Waals surface area contributed by atoms with E-state index >= 15 is 0 Å². The molecule has 1 aliphatic rings. The number of nitrogens with zero attached hydrogens (tertiary/aromatic N) is 1. The van der Waals surface area contributed by atoms with Crippen LogP contribution in [0.25, 0.3) is 0 Å². The van der Waals surface area contributed by atoms with Gasteiger partial charge in [-0.1, -0.05) is 60.7 Å². The Labute approximate surface area is 228 Å². The number of rotatable bonds is 12. The SMILES string of the molecule is COC1CCC(C(OSI)C(Cc2cc(F)cc(F)c2)N(Cc2ccccc2)Cc2ccccc2)N1. The van der Waals surface area contributed by atoms with Gasteiger partial charge in [0.1, 0.15) is 24.0 Å². The molecule has 3 aromatic rings. The third kappa shape index (κ3) is 7.72. The summed E-state index contributed by atoms with van der Waals surface area (Å²) in [4.78, 5) is 2.37. The number of benzene rings is 3. The van der Waals surface area contributed by atoms with E-state index in [1.165, 1.54) is 32.5 Å². The average Bonchev–Trinajstić information content (AvgIpc) is 3.36. The predicted octanol–water partition coefficient (Wildman–Crippen LogP) is 6.69. The van der Waals surface area contributed by atoms with Gasteiger partial charge >= 0.3 is 0 Å². The molecule has 4 nitrogen and oxygen atoms in total. The molecule has 0 radical (unpaired) electrons. The molecule has 0 bridgehead atoms. The zero-order valence-corrected chi connectivity index (χ0v) is 23.1. The largest absolute Gasteiger partial charge is 0.367 e. The summed E-state index contributed by atoms with van der Waals surface area (Å²) in [6.07, 6.45) is 1.92. The third-order valence-corrected chi connectivity index (χ3v) is 7.56. The molecule has 0 aliphatic carbocycles. The van der Waals surface area contributed by atoms with Gasteiger partial charge in [-0.25, -0.2) is 8.78 Å². The Bertz CT molecular complexity index is 1020. The summed E-state index contributed by atoms with van der Waals surface area (Å²) in [5.74, 6) is -1.14. The van der Waals surface area contributed by atoms with E-state index in [0.717, 1.165) is 18.9 Å². The maximum absolute atomic E-state index is 14.2. The van der Waals surface area contributed by atoms with Gasteiger partial charge in [-0.15, -0.1) is 0 Å². The fourth-order valence-electron chi connectivity index (χ4n) is 4.97. The molecule has 36 heavy (non-hydrogen) atoms. The monoisotopic (exact) mass is 624 g/mol. The second-order valence-electron chi connectivity index (χ2n) is 9.12. The van der Waals surface area contributed by atoms with Gasteiger partial charge in [0, 0.05) is 59.6 Å². The number of hydrogen-bond acceptors (Lipinski definition) is 5. The van der Waals surface area contributed by atoms with Gasteiger partial charge < -0.3 is 4.74 Å². The van der Waals surface area contributed by atoms with Crippen LogP contribution in [0.4, 0.5) is 8.78 Å². The molecule has 8 heteroatoms. The molecule has 1 aliphatic heterocycles. The fourth-order valence-corrected chi connectivity index (χ4v) is 6.04. The molecule has 192 valence electrons. The van der Waals surface area contributed by atoms with Crippen molar-refractivity contribution in [2.75, 3.05) is 7.11 Å². The van der Waals surface area contributed by atoms with Crippen molar-refractivity contribution in [2.24, 2.45) is 0 Å². The zero-order valence-electron chi connectivity index (χ0n) is 20.2. The van der Waals surface area contributed by atoms with Crippen molar-refractivity contribution in [1.82, 2.24) is 10.2 Å². The smallest absolute Gasteiger partial charge is 0.126 e. The van der Waals surface area contributed by atoms with E-state index in [1.807, 2.05) is 36.4 Å². The minimum Gasteiger partial charge on any atom is -0.367 e. The molecule has 4 atom stereocenters. The minimum absolute atomic E-state index is 0.0367. The van der Waals surface area contributed by atoms with Crippen molar-refractivity contribution in [3.8, 4) is 0 Å². The first kappa shape index (κ1) is 27.5. The highest BCUT2D eigenvalue weighted by atomic mass is 127. The van der Waals surface area contributed by atoms with E-state index in [0.29, 0.717) is 25.1 Å². The normalized spacial score (nSPS) is 19.5.